The van der Waals surface area contributed by atoms with Gasteiger partial charge in [-0.2, -0.15) is 0 Å². The summed E-state index contributed by atoms with van der Waals surface area (Å²) in [7, 11) is 0. The van der Waals surface area contributed by atoms with Crippen LogP contribution in [-0.4, -0.2) is 4.98 Å². The van der Waals surface area contributed by atoms with Crippen molar-refractivity contribution in [2.45, 2.75) is 33.1 Å². The molecule has 3 aromatic rings. The monoisotopic (exact) mass is 275 g/mol. The molecule has 21 heavy (non-hydrogen) atoms. The summed E-state index contributed by atoms with van der Waals surface area (Å²) in [6.45, 7) is 8.89. The maximum Gasteiger partial charge on any atom is 0.0780 e. The van der Waals surface area contributed by atoms with Gasteiger partial charge in [0.2, 0.25) is 0 Å². The Bertz CT molecular complexity index is 780. The van der Waals surface area contributed by atoms with Gasteiger partial charge in [0.15, 0.2) is 0 Å². The molecule has 0 fully saturated rings. The van der Waals surface area contributed by atoms with Gasteiger partial charge in [0.1, 0.15) is 0 Å². The first kappa shape index (κ1) is 13.8. The third kappa shape index (κ3) is 2.56. The Kier molecular flexibility index (Phi) is 3.29. The zero-order valence-electron chi connectivity index (χ0n) is 13.1. The largest absolute Gasteiger partial charge is 0.255 e. The fourth-order valence-electron chi connectivity index (χ4n) is 2.67. The van der Waals surface area contributed by atoms with E-state index in [9.17, 15) is 0 Å². The second kappa shape index (κ2) is 5.00. The molecule has 0 saturated carbocycles. The van der Waals surface area contributed by atoms with Crippen LogP contribution in [0.1, 0.15) is 31.9 Å². The number of hydrogen-bond acceptors (Lipinski definition) is 1. The standard InChI is InChI=1S/C20H21N/c1-14-13-21-19(15-8-6-5-7-9-15)17-11-10-16(12-18(14)17)20(2,3)4/h5-13H,1-4H3. The summed E-state index contributed by atoms with van der Waals surface area (Å²) in [5, 5.41) is 2.53. The fourth-order valence-corrected chi connectivity index (χ4v) is 2.67. The summed E-state index contributed by atoms with van der Waals surface area (Å²) in [4.78, 5) is 4.67. The van der Waals surface area contributed by atoms with Gasteiger partial charge < -0.3 is 0 Å². The number of hydrogen-bond donors (Lipinski definition) is 0. The van der Waals surface area contributed by atoms with Crippen molar-refractivity contribution < 1.29 is 0 Å². The lowest BCUT2D eigenvalue weighted by molar-refractivity contribution is 0.591. The minimum absolute atomic E-state index is 0.164. The number of benzene rings is 2. The van der Waals surface area contributed by atoms with Crippen LogP contribution in [0.5, 0.6) is 0 Å². The van der Waals surface area contributed by atoms with Crippen molar-refractivity contribution in [3.8, 4) is 11.3 Å². The molecule has 0 radical (unpaired) electrons. The van der Waals surface area contributed by atoms with Gasteiger partial charge >= 0.3 is 0 Å². The number of pyridine rings is 1. The fraction of sp³-hybridized carbons (Fsp3) is 0.250. The first-order valence-electron chi connectivity index (χ1n) is 7.42. The van der Waals surface area contributed by atoms with Crippen LogP contribution in [0.2, 0.25) is 0 Å². The van der Waals surface area contributed by atoms with Gasteiger partial charge in [-0.3, -0.25) is 4.98 Å². The summed E-state index contributed by atoms with van der Waals surface area (Å²) < 4.78 is 0. The van der Waals surface area contributed by atoms with Crippen LogP contribution < -0.4 is 0 Å². The molecule has 0 aliphatic carbocycles. The lowest BCUT2D eigenvalue weighted by Gasteiger charge is -2.20. The van der Waals surface area contributed by atoms with Gasteiger partial charge in [0, 0.05) is 17.1 Å². The SMILES string of the molecule is Cc1cnc(-c2ccccc2)c2ccc(C(C)(C)C)cc12. The topological polar surface area (TPSA) is 12.9 Å². The van der Waals surface area contributed by atoms with Crippen molar-refractivity contribution in [3.05, 3.63) is 65.9 Å². The Morgan fingerprint density at radius 2 is 1.57 bits per heavy atom. The van der Waals surface area contributed by atoms with Crippen LogP contribution in [0.4, 0.5) is 0 Å². The maximum absolute atomic E-state index is 4.67. The Hall–Kier alpha value is -2.15. The van der Waals surface area contributed by atoms with Gasteiger partial charge in [-0.15, -0.1) is 0 Å². The molecule has 0 atom stereocenters. The van der Waals surface area contributed by atoms with Crippen molar-refractivity contribution >= 4 is 10.8 Å². The predicted octanol–water partition coefficient (Wildman–Crippen LogP) is 5.51. The smallest absolute Gasteiger partial charge is 0.0780 e. The van der Waals surface area contributed by atoms with Crippen molar-refractivity contribution in [3.63, 3.8) is 0 Å². The second-order valence-electron chi connectivity index (χ2n) is 6.67. The molecule has 0 unspecified atom stereocenters. The maximum atomic E-state index is 4.67. The minimum atomic E-state index is 0.164. The molecule has 1 aromatic heterocycles. The average Bonchev–Trinajstić information content (AvgIpc) is 2.47. The molecule has 0 aliphatic rings. The van der Waals surface area contributed by atoms with E-state index in [-0.39, 0.29) is 5.41 Å². The average molecular weight is 275 g/mol. The van der Waals surface area contributed by atoms with Crippen LogP contribution in [-0.2, 0) is 5.41 Å². The van der Waals surface area contributed by atoms with Crippen molar-refractivity contribution in [2.24, 2.45) is 0 Å². The molecular weight excluding hydrogens is 254 g/mol. The molecule has 0 aliphatic heterocycles. The lowest BCUT2D eigenvalue weighted by atomic mass is 9.85. The van der Waals surface area contributed by atoms with Crippen molar-refractivity contribution in [2.75, 3.05) is 0 Å². The lowest BCUT2D eigenvalue weighted by Crippen LogP contribution is -2.10. The Morgan fingerprint density at radius 1 is 0.857 bits per heavy atom. The molecule has 106 valence electrons. The van der Waals surface area contributed by atoms with Crippen LogP contribution in [0.15, 0.2) is 54.7 Å². The van der Waals surface area contributed by atoms with Gasteiger partial charge in [0.05, 0.1) is 5.69 Å². The van der Waals surface area contributed by atoms with Gasteiger partial charge in [-0.05, 0) is 28.9 Å². The van der Waals surface area contributed by atoms with Gasteiger partial charge in [0.25, 0.3) is 0 Å². The highest BCUT2D eigenvalue weighted by atomic mass is 14.7. The molecule has 0 amide bonds. The van der Waals surface area contributed by atoms with Crippen molar-refractivity contribution in [1.82, 2.24) is 4.98 Å². The van der Waals surface area contributed by atoms with Crippen LogP contribution >= 0.6 is 0 Å². The number of rotatable bonds is 1. The molecule has 1 heteroatoms. The summed E-state index contributed by atoms with van der Waals surface area (Å²) in [6, 6.07) is 17.2. The number of fused-ring (bicyclic) bond motifs is 1. The highest BCUT2D eigenvalue weighted by molar-refractivity contribution is 5.96. The quantitative estimate of drug-likeness (QED) is 0.571. The molecule has 2 aromatic carbocycles. The summed E-state index contributed by atoms with van der Waals surface area (Å²) in [6.07, 6.45) is 1.98. The molecule has 0 spiro atoms. The third-order valence-electron chi connectivity index (χ3n) is 4.00. The van der Waals surface area contributed by atoms with E-state index in [1.807, 2.05) is 12.3 Å². The molecule has 3 rings (SSSR count). The minimum Gasteiger partial charge on any atom is -0.255 e. The Labute approximate surface area is 126 Å². The molecule has 1 nitrogen and oxygen atoms in total. The summed E-state index contributed by atoms with van der Waals surface area (Å²) >= 11 is 0. The van der Waals surface area contributed by atoms with Gasteiger partial charge in [-0.1, -0.05) is 69.3 Å². The Balaban J connectivity index is 2.28. The van der Waals surface area contributed by atoms with E-state index >= 15 is 0 Å². The normalized spacial score (nSPS) is 11.8. The Morgan fingerprint density at radius 3 is 2.24 bits per heavy atom. The number of nitrogens with zero attached hydrogens (tertiary/aromatic N) is 1. The van der Waals surface area contributed by atoms with E-state index < -0.39 is 0 Å². The van der Waals surface area contributed by atoms with Crippen LogP contribution in [0.3, 0.4) is 0 Å². The number of aryl methyl sites for hydroxylation is 1. The second-order valence-corrected chi connectivity index (χ2v) is 6.67. The van der Waals surface area contributed by atoms with E-state index in [1.54, 1.807) is 0 Å². The van der Waals surface area contributed by atoms with Crippen LogP contribution in [0, 0.1) is 6.92 Å². The van der Waals surface area contributed by atoms with E-state index in [0.29, 0.717) is 0 Å². The zero-order valence-corrected chi connectivity index (χ0v) is 13.1. The first-order chi connectivity index (χ1) is 9.97. The van der Waals surface area contributed by atoms with Gasteiger partial charge in [-0.25, -0.2) is 0 Å². The van der Waals surface area contributed by atoms with E-state index in [0.717, 1.165) is 5.69 Å². The predicted molar refractivity (Wildman–Crippen MR) is 90.6 cm³/mol. The highest BCUT2D eigenvalue weighted by Crippen LogP contribution is 2.32. The van der Waals surface area contributed by atoms with E-state index in [1.165, 1.54) is 27.5 Å². The summed E-state index contributed by atoms with van der Waals surface area (Å²) in [5.41, 5.74) is 5.00. The number of aromatic nitrogens is 1. The molecule has 0 saturated heterocycles. The molecule has 1 heterocycles. The third-order valence-corrected chi connectivity index (χ3v) is 4.00. The van der Waals surface area contributed by atoms with Crippen molar-refractivity contribution in [1.29, 1.82) is 0 Å². The van der Waals surface area contributed by atoms with Crippen LogP contribution in [0.25, 0.3) is 22.0 Å². The molecule has 0 bridgehead atoms. The van der Waals surface area contributed by atoms with E-state index in [4.69, 9.17) is 0 Å². The molecule has 0 N–H and O–H groups in total. The van der Waals surface area contributed by atoms with E-state index in [2.05, 4.69) is 75.1 Å². The summed E-state index contributed by atoms with van der Waals surface area (Å²) in [5.74, 6) is 0. The molecular formula is C20H21N. The first-order valence-corrected chi connectivity index (χ1v) is 7.42. The zero-order chi connectivity index (χ0) is 15.0. The highest BCUT2D eigenvalue weighted by Gasteiger charge is 2.15.